The first-order valence-electron chi connectivity index (χ1n) is 8.18. The third-order valence-electron chi connectivity index (χ3n) is 4.15. The van der Waals surface area contributed by atoms with E-state index < -0.39 is 6.09 Å². The van der Waals surface area contributed by atoms with Crippen LogP contribution in [0.2, 0.25) is 0 Å². The molecule has 2 aromatic carbocycles. The normalized spacial score (nSPS) is 11.5. The van der Waals surface area contributed by atoms with E-state index in [1.807, 2.05) is 48.5 Å². The number of amides is 1. The van der Waals surface area contributed by atoms with E-state index in [0.29, 0.717) is 13.0 Å². The molecule has 3 rings (SSSR count). The highest BCUT2D eigenvalue weighted by molar-refractivity contribution is 6.15. The summed E-state index contributed by atoms with van der Waals surface area (Å²) in [7, 11) is 3.16. The zero-order valence-electron chi connectivity index (χ0n) is 14.4. The minimum absolute atomic E-state index is 0.422. The number of aromatic amines is 1. The number of fused-ring (bicyclic) bond motifs is 1. The van der Waals surface area contributed by atoms with Gasteiger partial charge in [0.05, 0.1) is 18.5 Å². The standard InChI is InChI=1S/C20H21N3O2/c1-21-18(14-8-4-3-5-9-14)19-16(12-13-22-20(24)25-2)15-10-6-7-11-17(15)23-19/h3-11,23H,12-13H2,1-2H3,(H,22,24). The highest BCUT2D eigenvalue weighted by Gasteiger charge is 2.17. The molecule has 2 N–H and O–H groups in total. The van der Waals surface area contributed by atoms with Gasteiger partial charge in [0.25, 0.3) is 0 Å². The summed E-state index contributed by atoms with van der Waals surface area (Å²) in [6.45, 7) is 0.493. The predicted octanol–water partition coefficient (Wildman–Crippen LogP) is 3.53. The van der Waals surface area contributed by atoms with Crippen LogP contribution in [-0.4, -0.2) is 37.5 Å². The Bertz CT molecular complexity index is 898. The van der Waals surface area contributed by atoms with Gasteiger partial charge in [0.1, 0.15) is 0 Å². The number of rotatable bonds is 5. The van der Waals surface area contributed by atoms with Crippen LogP contribution in [0.25, 0.3) is 10.9 Å². The molecule has 1 aromatic heterocycles. The van der Waals surface area contributed by atoms with E-state index in [4.69, 9.17) is 0 Å². The fourth-order valence-electron chi connectivity index (χ4n) is 3.00. The highest BCUT2D eigenvalue weighted by atomic mass is 16.5. The second-order valence-electron chi connectivity index (χ2n) is 5.63. The number of ether oxygens (including phenoxy) is 1. The SMILES string of the molecule is CN=C(c1ccccc1)c1[nH]c2ccccc2c1CCNC(=O)OC. The lowest BCUT2D eigenvalue weighted by Gasteiger charge is -2.09. The number of aromatic nitrogens is 1. The van der Waals surface area contributed by atoms with Gasteiger partial charge in [0.15, 0.2) is 0 Å². The van der Waals surface area contributed by atoms with Crippen molar-refractivity contribution in [2.75, 3.05) is 20.7 Å². The van der Waals surface area contributed by atoms with Gasteiger partial charge >= 0.3 is 6.09 Å². The minimum atomic E-state index is -0.422. The molecule has 0 spiro atoms. The maximum Gasteiger partial charge on any atom is 0.406 e. The molecular formula is C20H21N3O2. The van der Waals surface area contributed by atoms with E-state index in [0.717, 1.165) is 33.4 Å². The highest BCUT2D eigenvalue weighted by Crippen LogP contribution is 2.25. The van der Waals surface area contributed by atoms with Gasteiger partial charge in [-0.05, 0) is 18.1 Å². The van der Waals surface area contributed by atoms with Gasteiger partial charge in [-0.25, -0.2) is 4.79 Å². The molecule has 0 fully saturated rings. The molecule has 5 nitrogen and oxygen atoms in total. The number of nitrogens with zero attached hydrogens (tertiary/aromatic N) is 1. The zero-order chi connectivity index (χ0) is 17.6. The van der Waals surface area contributed by atoms with Crippen LogP contribution in [0, 0.1) is 0 Å². The van der Waals surface area contributed by atoms with Crippen LogP contribution in [0.5, 0.6) is 0 Å². The first-order chi connectivity index (χ1) is 12.2. The van der Waals surface area contributed by atoms with Crippen LogP contribution < -0.4 is 5.32 Å². The summed E-state index contributed by atoms with van der Waals surface area (Å²) in [4.78, 5) is 19.3. The Hall–Kier alpha value is -3.08. The molecule has 0 atom stereocenters. The quantitative estimate of drug-likeness (QED) is 0.701. The molecule has 3 aromatic rings. The molecule has 1 amide bonds. The molecular weight excluding hydrogens is 314 g/mol. The van der Waals surface area contributed by atoms with Crippen molar-refractivity contribution in [1.82, 2.24) is 10.3 Å². The first kappa shape index (κ1) is 16.8. The summed E-state index contributed by atoms with van der Waals surface area (Å²) in [6.07, 6.45) is 0.258. The number of methoxy groups -OCH3 is 1. The zero-order valence-corrected chi connectivity index (χ0v) is 14.4. The van der Waals surface area contributed by atoms with Crippen molar-refractivity contribution in [3.63, 3.8) is 0 Å². The number of benzene rings is 2. The Kier molecular flexibility index (Phi) is 5.14. The first-order valence-corrected chi connectivity index (χ1v) is 8.18. The number of carbonyl (C=O) groups excluding carboxylic acids is 1. The maximum atomic E-state index is 11.3. The Morgan fingerprint density at radius 3 is 2.56 bits per heavy atom. The van der Waals surface area contributed by atoms with Gasteiger partial charge in [-0.3, -0.25) is 4.99 Å². The molecule has 1 heterocycles. The van der Waals surface area contributed by atoms with Crippen LogP contribution in [0.15, 0.2) is 59.6 Å². The molecule has 0 saturated carbocycles. The molecule has 25 heavy (non-hydrogen) atoms. The van der Waals surface area contributed by atoms with E-state index in [1.165, 1.54) is 7.11 Å². The Labute approximate surface area is 146 Å². The molecule has 0 aliphatic rings. The molecule has 0 aliphatic heterocycles. The molecule has 0 radical (unpaired) electrons. The lowest BCUT2D eigenvalue weighted by atomic mass is 10.0. The second-order valence-corrected chi connectivity index (χ2v) is 5.63. The number of hydrogen-bond donors (Lipinski definition) is 2. The summed E-state index contributed by atoms with van der Waals surface area (Å²) in [5.41, 5.74) is 5.14. The molecule has 5 heteroatoms. The third kappa shape index (κ3) is 3.55. The van der Waals surface area contributed by atoms with Crippen LogP contribution in [-0.2, 0) is 11.2 Å². The fourth-order valence-corrected chi connectivity index (χ4v) is 3.00. The molecule has 128 valence electrons. The van der Waals surface area contributed by atoms with Crippen molar-refractivity contribution >= 4 is 22.7 Å². The topological polar surface area (TPSA) is 66.5 Å². The van der Waals surface area contributed by atoms with Gasteiger partial charge in [-0.15, -0.1) is 0 Å². The van der Waals surface area contributed by atoms with Crippen LogP contribution in [0.1, 0.15) is 16.8 Å². The van der Waals surface area contributed by atoms with Crippen molar-refractivity contribution in [1.29, 1.82) is 0 Å². The van der Waals surface area contributed by atoms with Gasteiger partial charge < -0.3 is 15.0 Å². The largest absolute Gasteiger partial charge is 0.453 e. The van der Waals surface area contributed by atoms with Crippen LogP contribution in [0.4, 0.5) is 4.79 Å². The number of para-hydroxylation sites is 1. The van der Waals surface area contributed by atoms with Crippen LogP contribution in [0.3, 0.4) is 0 Å². The summed E-state index contributed by atoms with van der Waals surface area (Å²) in [5.74, 6) is 0. The Morgan fingerprint density at radius 1 is 1.12 bits per heavy atom. The number of aliphatic imine (C=N–C) groups is 1. The number of carbonyl (C=O) groups is 1. The van der Waals surface area contributed by atoms with Gasteiger partial charge in [-0.1, -0.05) is 48.5 Å². The Balaban J connectivity index is 2.01. The predicted molar refractivity (Wildman–Crippen MR) is 100 cm³/mol. The average molecular weight is 335 g/mol. The second kappa shape index (κ2) is 7.66. The van der Waals surface area contributed by atoms with Crippen molar-refractivity contribution in [3.8, 4) is 0 Å². The van der Waals surface area contributed by atoms with Crippen molar-refractivity contribution in [2.45, 2.75) is 6.42 Å². The lowest BCUT2D eigenvalue weighted by molar-refractivity contribution is 0.171. The number of H-pyrrole nitrogens is 1. The minimum Gasteiger partial charge on any atom is -0.453 e. The fraction of sp³-hybridized carbons (Fsp3) is 0.200. The average Bonchev–Trinajstić information content (AvgIpc) is 3.01. The van der Waals surface area contributed by atoms with Crippen molar-refractivity contribution < 1.29 is 9.53 Å². The van der Waals surface area contributed by atoms with Gasteiger partial charge in [0.2, 0.25) is 0 Å². The third-order valence-corrected chi connectivity index (χ3v) is 4.15. The molecule has 0 saturated heterocycles. The maximum absolute atomic E-state index is 11.3. The van der Waals surface area contributed by atoms with Crippen LogP contribution >= 0.6 is 0 Å². The summed E-state index contributed by atoms with van der Waals surface area (Å²) < 4.78 is 4.64. The van der Waals surface area contributed by atoms with E-state index in [9.17, 15) is 4.79 Å². The van der Waals surface area contributed by atoms with E-state index in [2.05, 4.69) is 26.1 Å². The number of hydrogen-bond acceptors (Lipinski definition) is 3. The summed E-state index contributed by atoms with van der Waals surface area (Å²) in [6, 6.07) is 18.2. The number of alkyl carbamates (subject to hydrolysis) is 1. The molecule has 0 aliphatic carbocycles. The molecule has 0 unspecified atom stereocenters. The monoisotopic (exact) mass is 335 g/mol. The van der Waals surface area contributed by atoms with Gasteiger partial charge in [0, 0.05) is 30.1 Å². The van der Waals surface area contributed by atoms with E-state index in [1.54, 1.807) is 7.05 Å². The van der Waals surface area contributed by atoms with Crippen molar-refractivity contribution in [3.05, 3.63) is 71.4 Å². The molecule has 0 bridgehead atoms. The number of nitrogens with one attached hydrogen (secondary N) is 2. The van der Waals surface area contributed by atoms with Gasteiger partial charge in [-0.2, -0.15) is 0 Å². The lowest BCUT2D eigenvalue weighted by Crippen LogP contribution is -2.25. The smallest absolute Gasteiger partial charge is 0.406 e. The van der Waals surface area contributed by atoms with Crippen molar-refractivity contribution in [2.24, 2.45) is 4.99 Å². The van der Waals surface area contributed by atoms with E-state index >= 15 is 0 Å². The summed E-state index contributed by atoms with van der Waals surface area (Å²) in [5, 5.41) is 3.88. The van der Waals surface area contributed by atoms with E-state index in [-0.39, 0.29) is 0 Å². The summed E-state index contributed by atoms with van der Waals surface area (Å²) >= 11 is 0. The Morgan fingerprint density at radius 2 is 1.84 bits per heavy atom.